The molecule has 18 heavy (non-hydrogen) atoms. The van der Waals surface area contributed by atoms with Crippen LogP contribution in [0.1, 0.15) is 37.4 Å². The van der Waals surface area contributed by atoms with Crippen LogP contribution in [0, 0.1) is 0 Å². The number of H-pyrrole nitrogens is 1. The summed E-state index contributed by atoms with van der Waals surface area (Å²) >= 11 is 0. The molecule has 2 aliphatic rings. The maximum atomic E-state index is 4.14. The Morgan fingerprint density at radius 2 is 1.83 bits per heavy atom. The predicted molar refractivity (Wildman–Crippen MR) is 73.1 cm³/mol. The highest BCUT2D eigenvalue weighted by Gasteiger charge is 2.27. The molecule has 0 aromatic carbocycles. The number of likely N-dealkylation sites (tertiary alicyclic amines) is 1. The van der Waals surface area contributed by atoms with Gasteiger partial charge in [-0.05, 0) is 51.9 Å². The van der Waals surface area contributed by atoms with Crippen LogP contribution in [-0.4, -0.2) is 52.3 Å². The molecule has 3 rings (SSSR count). The average Bonchev–Trinajstić information content (AvgIpc) is 2.94. The summed E-state index contributed by atoms with van der Waals surface area (Å²) in [5, 5.41) is 11.5. The zero-order valence-corrected chi connectivity index (χ0v) is 11.5. The predicted octanol–water partition coefficient (Wildman–Crippen LogP) is 1.16. The Labute approximate surface area is 114 Å². The standard InChI is InChI=1S/C12H21N5.ClH/c1-5-13-6-2-11(1)17-7-3-10(4-8-17)12-14-9-15-16-12;/h9-11,13H,1-8H2,(H,14,15,16);1H. The van der Waals surface area contributed by atoms with E-state index in [0.29, 0.717) is 5.92 Å². The Bertz CT molecular complexity index is 328. The van der Waals surface area contributed by atoms with Crippen molar-refractivity contribution in [3.8, 4) is 0 Å². The van der Waals surface area contributed by atoms with Crippen LogP contribution in [0.5, 0.6) is 0 Å². The maximum Gasteiger partial charge on any atom is 0.133 e. The van der Waals surface area contributed by atoms with E-state index < -0.39 is 0 Å². The molecular formula is C12H22ClN5. The second kappa shape index (κ2) is 6.50. The molecule has 1 aromatic rings. The second-order valence-electron chi connectivity index (χ2n) is 5.17. The first kappa shape index (κ1) is 13.8. The van der Waals surface area contributed by atoms with Crippen LogP contribution >= 0.6 is 12.4 Å². The van der Waals surface area contributed by atoms with Crippen molar-refractivity contribution < 1.29 is 0 Å². The van der Waals surface area contributed by atoms with E-state index in [0.717, 1.165) is 11.9 Å². The first-order valence-corrected chi connectivity index (χ1v) is 6.74. The van der Waals surface area contributed by atoms with Gasteiger partial charge in [0.2, 0.25) is 0 Å². The van der Waals surface area contributed by atoms with Crippen LogP contribution in [0.2, 0.25) is 0 Å². The van der Waals surface area contributed by atoms with Crippen LogP contribution in [0.25, 0.3) is 0 Å². The van der Waals surface area contributed by atoms with Gasteiger partial charge in [0, 0.05) is 12.0 Å². The molecule has 0 spiro atoms. The molecule has 0 aliphatic carbocycles. The van der Waals surface area contributed by atoms with Crippen molar-refractivity contribution in [3.05, 3.63) is 12.2 Å². The van der Waals surface area contributed by atoms with Gasteiger partial charge in [-0.25, -0.2) is 0 Å². The Morgan fingerprint density at radius 1 is 1.11 bits per heavy atom. The van der Waals surface area contributed by atoms with Crippen molar-refractivity contribution in [2.45, 2.75) is 37.6 Å². The number of nitrogens with zero attached hydrogens (tertiary/aromatic N) is 3. The van der Waals surface area contributed by atoms with E-state index in [4.69, 9.17) is 0 Å². The Morgan fingerprint density at radius 3 is 2.44 bits per heavy atom. The van der Waals surface area contributed by atoms with E-state index in [2.05, 4.69) is 25.4 Å². The SMILES string of the molecule is Cl.c1nnc(C2CCN(C3CCNCC3)CC2)[nH]1. The van der Waals surface area contributed by atoms with Crippen LogP contribution in [0.3, 0.4) is 0 Å². The number of aromatic nitrogens is 3. The minimum Gasteiger partial charge on any atom is -0.331 e. The highest BCUT2D eigenvalue weighted by atomic mass is 35.5. The van der Waals surface area contributed by atoms with Gasteiger partial charge in [0.1, 0.15) is 12.2 Å². The van der Waals surface area contributed by atoms with Gasteiger partial charge in [-0.15, -0.1) is 22.6 Å². The van der Waals surface area contributed by atoms with Gasteiger partial charge < -0.3 is 15.2 Å². The van der Waals surface area contributed by atoms with Crippen molar-refractivity contribution in [1.82, 2.24) is 25.4 Å². The summed E-state index contributed by atoms with van der Waals surface area (Å²) in [6.45, 7) is 4.81. The lowest BCUT2D eigenvalue weighted by atomic mass is 9.93. The number of hydrogen-bond donors (Lipinski definition) is 2. The third-order valence-corrected chi connectivity index (χ3v) is 4.18. The molecule has 0 bridgehead atoms. The number of piperidine rings is 2. The minimum absolute atomic E-state index is 0. The van der Waals surface area contributed by atoms with E-state index in [1.165, 1.54) is 51.9 Å². The molecule has 6 heteroatoms. The van der Waals surface area contributed by atoms with Gasteiger partial charge in [-0.2, -0.15) is 0 Å². The summed E-state index contributed by atoms with van der Waals surface area (Å²) in [5.41, 5.74) is 0. The van der Waals surface area contributed by atoms with E-state index in [1.807, 2.05) is 0 Å². The monoisotopic (exact) mass is 271 g/mol. The average molecular weight is 272 g/mol. The number of hydrogen-bond acceptors (Lipinski definition) is 4. The summed E-state index contributed by atoms with van der Waals surface area (Å²) in [7, 11) is 0. The van der Waals surface area contributed by atoms with E-state index in [9.17, 15) is 0 Å². The van der Waals surface area contributed by atoms with E-state index in [1.54, 1.807) is 6.33 Å². The van der Waals surface area contributed by atoms with Crippen LogP contribution in [-0.2, 0) is 0 Å². The lowest BCUT2D eigenvalue weighted by Gasteiger charge is -2.39. The molecule has 2 fully saturated rings. The Hall–Kier alpha value is -0.650. The lowest BCUT2D eigenvalue weighted by Crippen LogP contribution is -2.46. The number of halogens is 1. The summed E-state index contributed by atoms with van der Waals surface area (Å²) < 4.78 is 0. The third-order valence-electron chi connectivity index (χ3n) is 4.18. The molecule has 0 saturated carbocycles. The van der Waals surface area contributed by atoms with Gasteiger partial charge in [0.15, 0.2) is 0 Å². The van der Waals surface area contributed by atoms with Gasteiger partial charge in [-0.3, -0.25) is 0 Å². The zero-order chi connectivity index (χ0) is 11.5. The molecular weight excluding hydrogens is 250 g/mol. The third kappa shape index (κ3) is 3.02. The topological polar surface area (TPSA) is 56.8 Å². The molecule has 5 nitrogen and oxygen atoms in total. The second-order valence-corrected chi connectivity index (χ2v) is 5.17. The van der Waals surface area contributed by atoms with Gasteiger partial charge in [-0.1, -0.05) is 0 Å². The molecule has 0 atom stereocenters. The molecule has 0 amide bonds. The van der Waals surface area contributed by atoms with Crippen molar-refractivity contribution in [2.75, 3.05) is 26.2 Å². The fraction of sp³-hybridized carbons (Fsp3) is 0.833. The van der Waals surface area contributed by atoms with Crippen LogP contribution in [0.15, 0.2) is 6.33 Å². The largest absolute Gasteiger partial charge is 0.331 e. The normalized spacial score (nSPS) is 23.8. The quantitative estimate of drug-likeness (QED) is 0.848. The molecule has 2 saturated heterocycles. The fourth-order valence-corrected chi connectivity index (χ4v) is 3.12. The first-order valence-electron chi connectivity index (χ1n) is 6.74. The molecule has 3 heterocycles. The summed E-state index contributed by atoms with van der Waals surface area (Å²) in [6, 6.07) is 0.812. The van der Waals surface area contributed by atoms with Crippen molar-refractivity contribution in [2.24, 2.45) is 0 Å². The molecule has 1 aromatic heterocycles. The highest BCUT2D eigenvalue weighted by Crippen LogP contribution is 2.27. The van der Waals surface area contributed by atoms with Crippen molar-refractivity contribution >= 4 is 12.4 Å². The Balaban J connectivity index is 0.00000120. The molecule has 0 radical (unpaired) electrons. The van der Waals surface area contributed by atoms with Crippen LogP contribution in [0.4, 0.5) is 0 Å². The number of rotatable bonds is 2. The maximum absolute atomic E-state index is 4.14. The lowest BCUT2D eigenvalue weighted by molar-refractivity contribution is 0.125. The molecule has 2 N–H and O–H groups in total. The van der Waals surface area contributed by atoms with Gasteiger partial charge in [0.25, 0.3) is 0 Å². The van der Waals surface area contributed by atoms with Gasteiger partial charge >= 0.3 is 0 Å². The molecule has 102 valence electrons. The molecule has 0 unspecified atom stereocenters. The van der Waals surface area contributed by atoms with Crippen LogP contribution < -0.4 is 5.32 Å². The van der Waals surface area contributed by atoms with Crippen molar-refractivity contribution in [3.63, 3.8) is 0 Å². The molecule has 2 aliphatic heterocycles. The van der Waals surface area contributed by atoms with E-state index >= 15 is 0 Å². The number of aromatic amines is 1. The zero-order valence-electron chi connectivity index (χ0n) is 10.6. The van der Waals surface area contributed by atoms with Crippen molar-refractivity contribution in [1.29, 1.82) is 0 Å². The fourth-order valence-electron chi connectivity index (χ4n) is 3.12. The smallest absolute Gasteiger partial charge is 0.133 e. The summed E-state index contributed by atoms with van der Waals surface area (Å²) in [4.78, 5) is 5.82. The highest BCUT2D eigenvalue weighted by molar-refractivity contribution is 5.85. The number of nitrogens with one attached hydrogen (secondary N) is 2. The Kier molecular flexibility index (Phi) is 4.97. The summed E-state index contributed by atoms with van der Waals surface area (Å²) in [5.74, 6) is 1.67. The first-order chi connectivity index (χ1) is 8.43. The minimum atomic E-state index is 0. The summed E-state index contributed by atoms with van der Waals surface area (Å²) in [6.07, 6.45) is 6.76. The van der Waals surface area contributed by atoms with E-state index in [-0.39, 0.29) is 12.4 Å². The van der Waals surface area contributed by atoms with Gasteiger partial charge in [0.05, 0.1) is 0 Å².